The molecule has 0 atom stereocenters. The molecule has 4 heteroatoms. The summed E-state index contributed by atoms with van der Waals surface area (Å²) < 4.78 is 0. The lowest BCUT2D eigenvalue weighted by Crippen LogP contribution is -2.46. The van der Waals surface area contributed by atoms with E-state index < -0.39 is 0 Å². The van der Waals surface area contributed by atoms with Crippen molar-refractivity contribution in [2.75, 3.05) is 32.7 Å². The molecule has 0 amide bonds. The summed E-state index contributed by atoms with van der Waals surface area (Å²) in [5.41, 5.74) is 1.14. The Labute approximate surface area is 115 Å². The lowest BCUT2D eigenvalue weighted by molar-refractivity contribution is 0.117. The molecule has 1 saturated heterocycles. The number of nitrogens with zero attached hydrogens (tertiary/aromatic N) is 3. The van der Waals surface area contributed by atoms with Gasteiger partial charge < -0.3 is 4.90 Å². The molecule has 0 aliphatic carbocycles. The van der Waals surface area contributed by atoms with Gasteiger partial charge in [-0.05, 0) is 12.0 Å². The van der Waals surface area contributed by atoms with Crippen molar-refractivity contribution in [3.8, 4) is 0 Å². The molecular formula is C14H22ClN3. The zero-order chi connectivity index (χ0) is 13.0. The quantitative estimate of drug-likeness (QED) is 0.782. The highest BCUT2D eigenvalue weighted by Gasteiger charge is 2.18. The summed E-state index contributed by atoms with van der Waals surface area (Å²) in [4.78, 5) is 9.13. The number of hydrogen-bond donors (Lipinski definition) is 0. The average molecular weight is 268 g/mol. The highest BCUT2D eigenvalue weighted by Crippen LogP contribution is 2.15. The van der Waals surface area contributed by atoms with Crippen LogP contribution in [0.1, 0.15) is 19.4 Å². The number of piperazine rings is 1. The number of pyridine rings is 1. The summed E-state index contributed by atoms with van der Waals surface area (Å²) in [7, 11) is 0. The van der Waals surface area contributed by atoms with Crippen molar-refractivity contribution in [1.29, 1.82) is 0 Å². The van der Waals surface area contributed by atoms with Gasteiger partial charge in [0.05, 0.1) is 0 Å². The van der Waals surface area contributed by atoms with Gasteiger partial charge in [-0.25, -0.2) is 4.98 Å². The minimum Gasteiger partial charge on any atom is -0.301 e. The zero-order valence-electron chi connectivity index (χ0n) is 11.3. The first-order valence-corrected chi connectivity index (χ1v) is 7.07. The fourth-order valence-electron chi connectivity index (χ4n) is 2.42. The first-order valence-electron chi connectivity index (χ1n) is 6.69. The van der Waals surface area contributed by atoms with Crippen molar-refractivity contribution >= 4 is 11.6 Å². The molecule has 100 valence electrons. The van der Waals surface area contributed by atoms with E-state index in [1.807, 2.05) is 6.07 Å². The molecule has 0 N–H and O–H groups in total. The molecule has 1 aromatic heterocycles. The Hall–Kier alpha value is -0.640. The Kier molecular flexibility index (Phi) is 4.98. The molecule has 2 rings (SSSR count). The molecular weight excluding hydrogens is 246 g/mol. The Bertz CT molecular complexity index is 373. The summed E-state index contributed by atoms with van der Waals surface area (Å²) in [6.45, 7) is 11.3. The van der Waals surface area contributed by atoms with E-state index >= 15 is 0 Å². The summed E-state index contributed by atoms with van der Waals surface area (Å²) >= 11 is 6.09. The number of aromatic nitrogens is 1. The smallest absolute Gasteiger partial charge is 0.133 e. The maximum absolute atomic E-state index is 6.09. The minimum atomic E-state index is 0.641. The molecule has 1 aliphatic heterocycles. The van der Waals surface area contributed by atoms with Crippen LogP contribution >= 0.6 is 11.6 Å². The van der Waals surface area contributed by atoms with Crippen LogP contribution in [0.3, 0.4) is 0 Å². The third kappa shape index (κ3) is 3.94. The lowest BCUT2D eigenvalue weighted by atomic mass is 10.2. The fourth-order valence-corrected chi connectivity index (χ4v) is 2.60. The first-order chi connectivity index (χ1) is 8.65. The third-order valence-corrected chi connectivity index (χ3v) is 3.66. The van der Waals surface area contributed by atoms with Crippen LogP contribution in [0.4, 0.5) is 0 Å². The van der Waals surface area contributed by atoms with E-state index in [1.165, 1.54) is 6.54 Å². The Morgan fingerprint density at radius 2 is 1.89 bits per heavy atom. The zero-order valence-corrected chi connectivity index (χ0v) is 12.0. The van der Waals surface area contributed by atoms with Crippen LogP contribution in [-0.2, 0) is 6.54 Å². The predicted molar refractivity (Wildman–Crippen MR) is 75.8 cm³/mol. The van der Waals surface area contributed by atoms with Gasteiger partial charge in [0.2, 0.25) is 0 Å². The van der Waals surface area contributed by atoms with Crippen LogP contribution in [0.2, 0.25) is 5.15 Å². The van der Waals surface area contributed by atoms with Gasteiger partial charge in [-0.3, -0.25) is 4.90 Å². The molecule has 0 aromatic carbocycles. The van der Waals surface area contributed by atoms with Crippen LogP contribution in [0, 0.1) is 5.92 Å². The van der Waals surface area contributed by atoms with Crippen LogP contribution in [0.25, 0.3) is 0 Å². The van der Waals surface area contributed by atoms with Crippen LogP contribution in [0.5, 0.6) is 0 Å². The van der Waals surface area contributed by atoms with Crippen molar-refractivity contribution in [1.82, 2.24) is 14.8 Å². The molecule has 2 heterocycles. The van der Waals surface area contributed by atoms with E-state index in [-0.39, 0.29) is 0 Å². The van der Waals surface area contributed by atoms with E-state index in [2.05, 4.69) is 34.7 Å². The normalized spacial score (nSPS) is 18.4. The standard InChI is InChI=1S/C14H22ClN3/c1-12(2)10-17-6-8-18(9-7-17)11-13-4-3-5-16-14(13)15/h3-5,12H,6-11H2,1-2H3. The second kappa shape index (κ2) is 6.50. The molecule has 0 saturated carbocycles. The van der Waals surface area contributed by atoms with Gasteiger partial charge in [-0.15, -0.1) is 0 Å². The van der Waals surface area contributed by atoms with E-state index in [1.54, 1.807) is 6.20 Å². The second-order valence-corrected chi connectivity index (χ2v) is 5.78. The van der Waals surface area contributed by atoms with Crippen molar-refractivity contribution in [3.05, 3.63) is 29.0 Å². The molecule has 1 aliphatic rings. The molecule has 1 aromatic rings. The molecule has 0 radical (unpaired) electrons. The van der Waals surface area contributed by atoms with Gasteiger partial charge in [0.25, 0.3) is 0 Å². The van der Waals surface area contributed by atoms with Gasteiger partial charge in [0.1, 0.15) is 5.15 Å². The van der Waals surface area contributed by atoms with Gasteiger partial charge in [0.15, 0.2) is 0 Å². The molecule has 0 unspecified atom stereocenters. The number of hydrogen-bond acceptors (Lipinski definition) is 3. The van der Waals surface area contributed by atoms with Crippen molar-refractivity contribution in [2.45, 2.75) is 20.4 Å². The van der Waals surface area contributed by atoms with E-state index in [9.17, 15) is 0 Å². The number of halogens is 1. The van der Waals surface area contributed by atoms with Crippen molar-refractivity contribution in [2.24, 2.45) is 5.92 Å². The average Bonchev–Trinajstić information content (AvgIpc) is 2.34. The second-order valence-electron chi connectivity index (χ2n) is 5.42. The van der Waals surface area contributed by atoms with Gasteiger partial charge in [-0.2, -0.15) is 0 Å². The third-order valence-electron chi connectivity index (χ3n) is 3.32. The van der Waals surface area contributed by atoms with Gasteiger partial charge in [0, 0.05) is 51.0 Å². The summed E-state index contributed by atoms with van der Waals surface area (Å²) in [5, 5.41) is 0.641. The van der Waals surface area contributed by atoms with Crippen molar-refractivity contribution in [3.63, 3.8) is 0 Å². The monoisotopic (exact) mass is 267 g/mol. The molecule has 1 fully saturated rings. The van der Waals surface area contributed by atoms with E-state index in [4.69, 9.17) is 11.6 Å². The van der Waals surface area contributed by atoms with E-state index in [0.29, 0.717) is 5.15 Å². The first kappa shape index (κ1) is 13.8. The lowest BCUT2D eigenvalue weighted by Gasteiger charge is -2.35. The Morgan fingerprint density at radius 3 is 2.50 bits per heavy atom. The topological polar surface area (TPSA) is 19.4 Å². The summed E-state index contributed by atoms with van der Waals surface area (Å²) in [6.07, 6.45) is 1.74. The molecule has 3 nitrogen and oxygen atoms in total. The number of rotatable bonds is 4. The highest BCUT2D eigenvalue weighted by atomic mass is 35.5. The Morgan fingerprint density at radius 1 is 1.22 bits per heavy atom. The summed E-state index contributed by atoms with van der Waals surface area (Å²) in [5.74, 6) is 0.754. The fraction of sp³-hybridized carbons (Fsp3) is 0.643. The van der Waals surface area contributed by atoms with Crippen LogP contribution in [-0.4, -0.2) is 47.5 Å². The SMILES string of the molecule is CC(C)CN1CCN(Cc2cccnc2Cl)CC1. The Balaban J connectivity index is 1.82. The maximum atomic E-state index is 6.09. The predicted octanol–water partition coefficient (Wildman–Crippen LogP) is 2.51. The van der Waals surface area contributed by atoms with Crippen LogP contribution in [0.15, 0.2) is 18.3 Å². The van der Waals surface area contributed by atoms with Crippen LogP contribution < -0.4 is 0 Å². The van der Waals surface area contributed by atoms with Crippen molar-refractivity contribution < 1.29 is 0 Å². The highest BCUT2D eigenvalue weighted by molar-refractivity contribution is 6.30. The maximum Gasteiger partial charge on any atom is 0.133 e. The van der Waals surface area contributed by atoms with Gasteiger partial charge >= 0.3 is 0 Å². The largest absolute Gasteiger partial charge is 0.301 e. The molecule has 0 bridgehead atoms. The van der Waals surface area contributed by atoms with E-state index in [0.717, 1.165) is 44.2 Å². The molecule has 0 spiro atoms. The van der Waals surface area contributed by atoms with Gasteiger partial charge in [-0.1, -0.05) is 31.5 Å². The summed E-state index contributed by atoms with van der Waals surface area (Å²) in [6, 6.07) is 4.02. The molecule has 18 heavy (non-hydrogen) atoms. The minimum absolute atomic E-state index is 0.641.